The Morgan fingerprint density at radius 3 is 2.50 bits per heavy atom. The highest BCUT2D eigenvalue weighted by atomic mass is 16.2. The standard InChI is InChI=1S/C18H26N4O2/c19-17-12-2-1-3-13(17)11-14(10-12)18(24)21-9-6-16(23)22-15-4-7-20-8-5-15/h4-5,7-8,12-14,17H,1-3,6,9-11,19H2,(H,21,24)(H,20,22,23). The van der Waals surface area contributed by atoms with Gasteiger partial charge in [-0.05, 0) is 49.7 Å². The fraction of sp³-hybridized carbons (Fsp3) is 0.611. The summed E-state index contributed by atoms with van der Waals surface area (Å²) in [6.07, 6.45) is 8.86. The summed E-state index contributed by atoms with van der Waals surface area (Å²) in [6.45, 7) is 0.369. The van der Waals surface area contributed by atoms with Gasteiger partial charge in [0.15, 0.2) is 0 Å². The molecule has 1 heterocycles. The number of fused-ring (bicyclic) bond motifs is 2. The second-order valence-electron chi connectivity index (χ2n) is 7.02. The normalized spacial score (nSPS) is 28.9. The fourth-order valence-electron chi connectivity index (χ4n) is 4.11. The van der Waals surface area contributed by atoms with Crippen LogP contribution in [0.3, 0.4) is 0 Å². The Morgan fingerprint density at radius 2 is 1.83 bits per heavy atom. The molecular formula is C18H26N4O2. The summed E-state index contributed by atoms with van der Waals surface area (Å²) in [4.78, 5) is 28.2. The lowest BCUT2D eigenvalue weighted by Crippen LogP contribution is -2.49. The zero-order chi connectivity index (χ0) is 16.9. The van der Waals surface area contributed by atoms with Crippen molar-refractivity contribution in [1.29, 1.82) is 0 Å². The van der Waals surface area contributed by atoms with Crippen LogP contribution < -0.4 is 16.4 Å². The Labute approximate surface area is 142 Å². The SMILES string of the molecule is NC1C2CCCC1CC(C(=O)NCCC(=O)Nc1ccncc1)C2. The fourth-order valence-corrected chi connectivity index (χ4v) is 4.11. The highest BCUT2D eigenvalue weighted by Crippen LogP contribution is 2.41. The van der Waals surface area contributed by atoms with Gasteiger partial charge < -0.3 is 16.4 Å². The van der Waals surface area contributed by atoms with Crippen LogP contribution in [0.15, 0.2) is 24.5 Å². The summed E-state index contributed by atoms with van der Waals surface area (Å²) in [5.74, 6) is 1.01. The maximum absolute atomic E-state index is 12.4. The summed E-state index contributed by atoms with van der Waals surface area (Å²) in [5, 5.41) is 5.71. The third kappa shape index (κ3) is 4.12. The van der Waals surface area contributed by atoms with E-state index in [-0.39, 0.29) is 30.2 Å². The van der Waals surface area contributed by atoms with Crippen LogP contribution in [-0.4, -0.2) is 29.4 Å². The molecule has 0 aliphatic heterocycles. The molecule has 0 aromatic carbocycles. The van der Waals surface area contributed by atoms with Crippen molar-refractivity contribution >= 4 is 17.5 Å². The van der Waals surface area contributed by atoms with E-state index in [2.05, 4.69) is 15.6 Å². The van der Waals surface area contributed by atoms with Crippen LogP contribution >= 0.6 is 0 Å². The van der Waals surface area contributed by atoms with E-state index in [1.807, 2.05) is 0 Å². The van der Waals surface area contributed by atoms with Crippen LogP contribution in [-0.2, 0) is 9.59 Å². The van der Waals surface area contributed by atoms with Crippen LogP contribution in [0.4, 0.5) is 5.69 Å². The number of amides is 2. The highest BCUT2D eigenvalue weighted by molar-refractivity contribution is 5.91. The summed E-state index contributed by atoms with van der Waals surface area (Å²) < 4.78 is 0. The molecule has 2 amide bonds. The first-order chi connectivity index (χ1) is 11.6. The zero-order valence-electron chi connectivity index (χ0n) is 13.9. The highest BCUT2D eigenvalue weighted by Gasteiger charge is 2.40. The molecule has 2 aliphatic rings. The molecule has 3 rings (SSSR count). The maximum atomic E-state index is 12.4. The molecular weight excluding hydrogens is 304 g/mol. The third-order valence-electron chi connectivity index (χ3n) is 5.40. The summed E-state index contributed by atoms with van der Waals surface area (Å²) in [5.41, 5.74) is 6.99. The van der Waals surface area contributed by atoms with Crippen molar-refractivity contribution in [2.24, 2.45) is 23.5 Å². The van der Waals surface area contributed by atoms with Crippen LogP contribution in [0, 0.1) is 17.8 Å². The van der Waals surface area contributed by atoms with Gasteiger partial charge in [0.1, 0.15) is 0 Å². The second kappa shape index (κ2) is 7.75. The van der Waals surface area contributed by atoms with Crippen molar-refractivity contribution in [1.82, 2.24) is 10.3 Å². The Bertz CT molecular complexity index is 564. The molecule has 2 atom stereocenters. The lowest BCUT2D eigenvalue weighted by molar-refractivity contribution is -0.128. The molecule has 0 spiro atoms. The number of carbonyl (C=O) groups is 2. The van der Waals surface area contributed by atoms with Crippen molar-refractivity contribution in [3.05, 3.63) is 24.5 Å². The van der Waals surface area contributed by atoms with Crippen LogP contribution in [0.25, 0.3) is 0 Å². The van der Waals surface area contributed by atoms with E-state index in [1.165, 1.54) is 6.42 Å². The van der Waals surface area contributed by atoms with Crippen molar-refractivity contribution in [2.45, 2.75) is 44.6 Å². The number of anilines is 1. The topological polar surface area (TPSA) is 97.1 Å². The van der Waals surface area contributed by atoms with Crippen LogP contribution in [0.5, 0.6) is 0 Å². The number of rotatable bonds is 5. The molecule has 0 saturated heterocycles. The van der Waals surface area contributed by atoms with Gasteiger partial charge in [-0.2, -0.15) is 0 Å². The Morgan fingerprint density at radius 1 is 1.17 bits per heavy atom. The first-order valence-electron chi connectivity index (χ1n) is 8.86. The monoisotopic (exact) mass is 330 g/mol. The van der Waals surface area contributed by atoms with Gasteiger partial charge in [-0.3, -0.25) is 14.6 Å². The van der Waals surface area contributed by atoms with E-state index >= 15 is 0 Å². The lowest BCUT2D eigenvalue weighted by atomic mass is 9.65. The number of nitrogens with two attached hydrogens (primary N) is 1. The molecule has 24 heavy (non-hydrogen) atoms. The van der Waals surface area contributed by atoms with E-state index in [0.717, 1.165) is 31.4 Å². The molecule has 1 aromatic rings. The molecule has 2 saturated carbocycles. The number of nitrogens with one attached hydrogen (secondary N) is 2. The Hall–Kier alpha value is -1.95. The quantitative estimate of drug-likeness (QED) is 0.765. The van der Waals surface area contributed by atoms with E-state index in [9.17, 15) is 9.59 Å². The van der Waals surface area contributed by atoms with Gasteiger partial charge in [-0.15, -0.1) is 0 Å². The summed E-state index contributed by atoms with van der Waals surface area (Å²) >= 11 is 0. The predicted octanol–water partition coefficient (Wildman–Crippen LogP) is 1.68. The second-order valence-corrected chi connectivity index (χ2v) is 7.02. The lowest BCUT2D eigenvalue weighted by Gasteiger charge is -2.43. The number of carbonyl (C=O) groups excluding carboxylic acids is 2. The molecule has 2 fully saturated rings. The van der Waals surface area contributed by atoms with Crippen molar-refractivity contribution < 1.29 is 9.59 Å². The number of hydrogen-bond donors (Lipinski definition) is 3. The minimum atomic E-state index is -0.107. The number of nitrogens with zero attached hydrogens (tertiary/aromatic N) is 1. The number of pyridine rings is 1. The molecule has 130 valence electrons. The largest absolute Gasteiger partial charge is 0.355 e. The maximum Gasteiger partial charge on any atom is 0.226 e. The molecule has 2 bridgehead atoms. The van der Waals surface area contributed by atoms with E-state index in [1.54, 1.807) is 24.5 Å². The van der Waals surface area contributed by atoms with E-state index in [0.29, 0.717) is 18.4 Å². The average Bonchev–Trinajstić information content (AvgIpc) is 2.55. The third-order valence-corrected chi connectivity index (χ3v) is 5.40. The minimum Gasteiger partial charge on any atom is -0.355 e. The average molecular weight is 330 g/mol. The predicted molar refractivity (Wildman–Crippen MR) is 92.0 cm³/mol. The van der Waals surface area contributed by atoms with Gasteiger partial charge in [0.25, 0.3) is 0 Å². The Kier molecular flexibility index (Phi) is 5.45. The first-order valence-corrected chi connectivity index (χ1v) is 8.86. The number of hydrogen-bond acceptors (Lipinski definition) is 4. The smallest absolute Gasteiger partial charge is 0.226 e. The molecule has 2 unspecified atom stereocenters. The molecule has 1 aromatic heterocycles. The molecule has 4 N–H and O–H groups in total. The zero-order valence-corrected chi connectivity index (χ0v) is 13.9. The van der Waals surface area contributed by atoms with Gasteiger partial charge in [0.2, 0.25) is 11.8 Å². The molecule has 6 nitrogen and oxygen atoms in total. The van der Waals surface area contributed by atoms with Crippen molar-refractivity contribution in [2.75, 3.05) is 11.9 Å². The van der Waals surface area contributed by atoms with E-state index < -0.39 is 0 Å². The first kappa shape index (κ1) is 16.9. The van der Waals surface area contributed by atoms with Gasteiger partial charge in [0, 0.05) is 43.0 Å². The van der Waals surface area contributed by atoms with Gasteiger partial charge in [-0.25, -0.2) is 0 Å². The van der Waals surface area contributed by atoms with Crippen molar-refractivity contribution in [3.8, 4) is 0 Å². The molecule has 2 aliphatic carbocycles. The minimum absolute atomic E-state index is 0.0587. The van der Waals surface area contributed by atoms with Crippen molar-refractivity contribution in [3.63, 3.8) is 0 Å². The molecule has 6 heteroatoms. The van der Waals surface area contributed by atoms with Gasteiger partial charge in [-0.1, -0.05) is 6.42 Å². The number of aromatic nitrogens is 1. The van der Waals surface area contributed by atoms with E-state index in [4.69, 9.17) is 5.73 Å². The summed E-state index contributed by atoms with van der Waals surface area (Å²) in [7, 11) is 0. The van der Waals surface area contributed by atoms with Gasteiger partial charge in [0.05, 0.1) is 0 Å². The Balaban J connectivity index is 1.40. The summed E-state index contributed by atoms with van der Waals surface area (Å²) in [6, 6.07) is 3.75. The van der Waals surface area contributed by atoms with Crippen LogP contribution in [0.2, 0.25) is 0 Å². The van der Waals surface area contributed by atoms with Gasteiger partial charge >= 0.3 is 0 Å². The van der Waals surface area contributed by atoms with Crippen LogP contribution in [0.1, 0.15) is 38.5 Å². The molecule has 0 radical (unpaired) electrons.